The van der Waals surface area contributed by atoms with Crippen LogP contribution in [0.1, 0.15) is 23.9 Å². The van der Waals surface area contributed by atoms with Gasteiger partial charge in [-0.3, -0.25) is 0 Å². The molecule has 0 aliphatic rings. The average molecular weight is 282 g/mol. The van der Waals surface area contributed by atoms with E-state index in [2.05, 4.69) is 10.3 Å². The molecule has 0 spiro atoms. The SMILES string of the molecule is CNC(CCc1nccn1C)c1ccc(Cl)cc1F. The molecule has 2 rings (SSSR count). The van der Waals surface area contributed by atoms with Crippen LogP contribution < -0.4 is 5.32 Å². The Kier molecular flexibility index (Phi) is 4.56. The van der Waals surface area contributed by atoms with Gasteiger partial charge in [-0.1, -0.05) is 17.7 Å². The highest BCUT2D eigenvalue weighted by atomic mass is 35.5. The molecule has 0 radical (unpaired) electrons. The molecule has 1 aromatic heterocycles. The zero-order valence-electron chi connectivity index (χ0n) is 11.0. The van der Waals surface area contributed by atoms with E-state index in [0.29, 0.717) is 10.6 Å². The Morgan fingerprint density at radius 3 is 2.84 bits per heavy atom. The minimum Gasteiger partial charge on any atom is -0.338 e. The second-order valence-electron chi connectivity index (χ2n) is 4.50. The summed E-state index contributed by atoms with van der Waals surface area (Å²) < 4.78 is 15.9. The van der Waals surface area contributed by atoms with Gasteiger partial charge in [-0.2, -0.15) is 0 Å². The van der Waals surface area contributed by atoms with Crippen LogP contribution in [0.4, 0.5) is 4.39 Å². The van der Waals surface area contributed by atoms with E-state index in [1.54, 1.807) is 18.3 Å². The number of aryl methyl sites for hydroxylation is 2. The van der Waals surface area contributed by atoms with Crippen molar-refractivity contribution in [3.8, 4) is 0 Å². The van der Waals surface area contributed by atoms with E-state index >= 15 is 0 Å². The van der Waals surface area contributed by atoms with Gasteiger partial charge in [-0.05, 0) is 25.6 Å². The Morgan fingerprint density at radius 1 is 1.47 bits per heavy atom. The van der Waals surface area contributed by atoms with Gasteiger partial charge >= 0.3 is 0 Å². The molecule has 19 heavy (non-hydrogen) atoms. The molecule has 102 valence electrons. The fraction of sp³-hybridized carbons (Fsp3) is 0.357. The molecular formula is C14H17ClFN3. The first-order valence-electron chi connectivity index (χ1n) is 6.20. The number of aromatic nitrogens is 2. The Morgan fingerprint density at radius 2 is 2.26 bits per heavy atom. The summed E-state index contributed by atoms with van der Waals surface area (Å²) in [5, 5.41) is 3.56. The Bertz CT molecular complexity index is 553. The van der Waals surface area contributed by atoms with Gasteiger partial charge < -0.3 is 9.88 Å². The third-order valence-electron chi connectivity index (χ3n) is 3.26. The van der Waals surface area contributed by atoms with Gasteiger partial charge in [0.1, 0.15) is 11.6 Å². The van der Waals surface area contributed by atoms with E-state index in [1.807, 2.05) is 24.9 Å². The van der Waals surface area contributed by atoms with Crippen molar-refractivity contribution in [1.82, 2.24) is 14.9 Å². The van der Waals surface area contributed by atoms with Crippen LogP contribution in [0.2, 0.25) is 5.02 Å². The summed E-state index contributed by atoms with van der Waals surface area (Å²) >= 11 is 5.77. The molecule has 3 nitrogen and oxygen atoms in total. The minimum atomic E-state index is -0.272. The summed E-state index contributed by atoms with van der Waals surface area (Å²) in [7, 11) is 3.79. The summed E-state index contributed by atoms with van der Waals surface area (Å²) in [6, 6.07) is 4.75. The highest BCUT2D eigenvalue weighted by molar-refractivity contribution is 6.30. The molecule has 0 amide bonds. The van der Waals surface area contributed by atoms with E-state index in [0.717, 1.165) is 18.7 Å². The van der Waals surface area contributed by atoms with Crippen molar-refractivity contribution in [2.24, 2.45) is 7.05 Å². The van der Waals surface area contributed by atoms with Crippen molar-refractivity contribution >= 4 is 11.6 Å². The molecule has 1 N–H and O–H groups in total. The lowest BCUT2D eigenvalue weighted by molar-refractivity contribution is 0.501. The number of benzene rings is 1. The van der Waals surface area contributed by atoms with E-state index in [-0.39, 0.29) is 11.9 Å². The summed E-state index contributed by atoms with van der Waals surface area (Å²) in [6.45, 7) is 0. The number of nitrogens with zero attached hydrogens (tertiary/aromatic N) is 2. The summed E-state index contributed by atoms with van der Waals surface area (Å²) in [5.74, 6) is 0.723. The molecule has 1 aromatic carbocycles. The van der Waals surface area contributed by atoms with Crippen molar-refractivity contribution in [3.63, 3.8) is 0 Å². The lowest BCUT2D eigenvalue weighted by Crippen LogP contribution is -2.19. The van der Waals surface area contributed by atoms with Crippen molar-refractivity contribution < 1.29 is 4.39 Å². The van der Waals surface area contributed by atoms with Crippen LogP contribution in [0.3, 0.4) is 0 Å². The summed E-state index contributed by atoms with van der Waals surface area (Å²) in [6.07, 6.45) is 5.25. The van der Waals surface area contributed by atoms with Crippen LogP contribution >= 0.6 is 11.6 Å². The second-order valence-corrected chi connectivity index (χ2v) is 4.94. The largest absolute Gasteiger partial charge is 0.338 e. The van der Waals surface area contributed by atoms with Gasteiger partial charge in [0.2, 0.25) is 0 Å². The molecule has 1 unspecified atom stereocenters. The lowest BCUT2D eigenvalue weighted by Gasteiger charge is -2.17. The van der Waals surface area contributed by atoms with Crippen molar-refractivity contribution in [1.29, 1.82) is 0 Å². The molecular weight excluding hydrogens is 265 g/mol. The van der Waals surface area contributed by atoms with Crippen LogP contribution in [0.25, 0.3) is 0 Å². The third-order valence-corrected chi connectivity index (χ3v) is 3.50. The molecule has 2 aromatic rings. The quantitative estimate of drug-likeness (QED) is 0.913. The maximum atomic E-state index is 13.9. The van der Waals surface area contributed by atoms with Crippen LogP contribution in [-0.2, 0) is 13.5 Å². The fourth-order valence-corrected chi connectivity index (χ4v) is 2.31. The average Bonchev–Trinajstić information content (AvgIpc) is 2.78. The Balaban J connectivity index is 2.10. The first kappa shape index (κ1) is 14.0. The lowest BCUT2D eigenvalue weighted by atomic mass is 10.0. The maximum absolute atomic E-state index is 13.9. The van der Waals surface area contributed by atoms with Crippen molar-refractivity contribution in [2.45, 2.75) is 18.9 Å². The molecule has 0 bridgehead atoms. The zero-order valence-corrected chi connectivity index (χ0v) is 11.8. The van der Waals surface area contributed by atoms with Crippen LogP contribution in [0.15, 0.2) is 30.6 Å². The number of rotatable bonds is 5. The van der Waals surface area contributed by atoms with Gasteiger partial charge in [0.15, 0.2) is 0 Å². The zero-order chi connectivity index (χ0) is 13.8. The number of hydrogen-bond donors (Lipinski definition) is 1. The van der Waals surface area contributed by atoms with E-state index < -0.39 is 0 Å². The number of imidazole rings is 1. The van der Waals surface area contributed by atoms with Gasteiger partial charge in [0.05, 0.1) is 0 Å². The Hall–Kier alpha value is -1.39. The first-order valence-corrected chi connectivity index (χ1v) is 6.58. The van der Waals surface area contributed by atoms with Crippen LogP contribution in [0.5, 0.6) is 0 Å². The van der Waals surface area contributed by atoms with Gasteiger partial charge in [0.25, 0.3) is 0 Å². The molecule has 0 saturated heterocycles. The molecule has 1 atom stereocenters. The minimum absolute atomic E-state index is 0.0473. The number of hydrogen-bond acceptors (Lipinski definition) is 2. The van der Waals surface area contributed by atoms with Crippen molar-refractivity contribution in [2.75, 3.05) is 7.05 Å². The number of halogens is 2. The molecule has 0 fully saturated rings. The van der Waals surface area contributed by atoms with E-state index in [4.69, 9.17) is 11.6 Å². The number of nitrogens with one attached hydrogen (secondary N) is 1. The van der Waals surface area contributed by atoms with Gasteiger partial charge in [0, 0.05) is 42.5 Å². The molecule has 0 aliphatic carbocycles. The predicted octanol–water partition coefficient (Wildman–Crippen LogP) is 3.11. The van der Waals surface area contributed by atoms with E-state index in [9.17, 15) is 4.39 Å². The summed E-state index contributed by atoms with van der Waals surface area (Å²) in [4.78, 5) is 4.27. The molecule has 1 heterocycles. The smallest absolute Gasteiger partial charge is 0.129 e. The molecule has 0 saturated carbocycles. The third kappa shape index (κ3) is 3.33. The second kappa shape index (κ2) is 6.17. The van der Waals surface area contributed by atoms with E-state index in [1.165, 1.54) is 6.07 Å². The highest BCUT2D eigenvalue weighted by Gasteiger charge is 2.15. The summed E-state index contributed by atoms with van der Waals surface area (Å²) in [5.41, 5.74) is 0.640. The normalized spacial score (nSPS) is 12.6. The maximum Gasteiger partial charge on any atom is 0.129 e. The molecule has 0 aliphatic heterocycles. The van der Waals surface area contributed by atoms with Crippen molar-refractivity contribution in [3.05, 3.63) is 52.8 Å². The van der Waals surface area contributed by atoms with Crippen LogP contribution in [0, 0.1) is 5.82 Å². The highest BCUT2D eigenvalue weighted by Crippen LogP contribution is 2.24. The molecule has 5 heteroatoms. The fourth-order valence-electron chi connectivity index (χ4n) is 2.15. The first-order chi connectivity index (χ1) is 9.11. The Labute approximate surface area is 117 Å². The predicted molar refractivity (Wildman–Crippen MR) is 74.7 cm³/mol. The van der Waals surface area contributed by atoms with Crippen LogP contribution in [-0.4, -0.2) is 16.6 Å². The van der Waals surface area contributed by atoms with Gasteiger partial charge in [-0.25, -0.2) is 9.37 Å². The monoisotopic (exact) mass is 281 g/mol. The van der Waals surface area contributed by atoms with Gasteiger partial charge in [-0.15, -0.1) is 0 Å². The topological polar surface area (TPSA) is 29.9 Å². The standard InChI is InChI=1S/C14H17ClFN3/c1-17-13(5-6-14-18-7-8-19(14)2)11-4-3-10(15)9-12(11)16/h3-4,7-9,13,17H,5-6H2,1-2H3.